The van der Waals surface area contributed by atoms with Crippen LogP contribution in [0.5, 0.6) is 0 Å². The summed E-state index contributed by atoms with van der Waals surface area (Å²) >= 11 is 4.93. The molecule has 108 valence electrons. The number of amides is 1. The number of anilines is 1. The third-order valence-electron chi connectivity index (χ3n) is 3.39. The molecule has 0 bridgehead atoms. The van der Waals surface area contributed by atoms with Gasteiger partial charge in [-0.3, -0.25) is 9.69 Å². The van der Waals surface area contributed by atoms with E-state index in [2.05, 4.69) is 22.2 Å². The van der Waals surface area contributed by atoms with Gasteiger partial charge in [-0.1, -0.05) is 24.4 Å². The minimum atomic E-state index is -0.00496. The van der Waals surface area contributed by atoms with Crippen molar-refractivity contribution in [2.45, 2.75) is 0 Å². The van der Waals surface area contributed by atoms with E-state index in [1.807, 2.05) is 18.2 Å². The molecule has 6 heteroatoms. The number of nitrogens with two attached hydrogens (primary N) is 1. The van der Waals surface area contributed by atoms with Crippen LogP contribution in [-0.4, -0.2) is 60.5 Å². The van der Waals surface area contributed by atoms with Crippen LogP contribution >= 0.6 is 12.2 Å². The quantitative estimate of drug-likeness (QED) is 0.792. The van der Waals surface area contributed by atoms with Gasteiger partial charge in [-0.05, 0) is 19.2 Å². The Labute approximate surface area is 124 Å². The van der Waals surface area contributed by atoms with Crippen LogP contribution in [0.15, 0.2) is 24.3 Å². The second-order valence-electron chi connectivity index (χ2n) is 5.07. The van der Waals surface area contributed by atoms with E-state index < -0.39 is 0 Å². The van der Waals surface area contributed by atoms with Gasteiger partial charge in [-0.15, -0.1) is 0 Å². The maximum atomic E-state index is 12.0. The average Bonchev–Trinajstić information content (AvgIpc) is 2.41. The van der Waals surface area contributed by atoms with Gasteiger partial charge >= 0.3 is 0 Å². The predicted octanol–water partition coefficient (Wildman–Crippen LogP) is 0.507. The highest BCUT2D eigenvalue weighted by Crippen LogP contribution is 2.11. The van der Waals surface area contributed by atoms with Crippen molar-refractivity contribution in [3.05, 3.63) is 29.8 Å². The molecule has 20 heavy (non-hydrogen) atoms. The summed E-state index contributed by atoms with van der Waals surface area (Å²) in [6, 6.07) is 7.30. The lowest BCUT2D eigenvalue weighted by Crippen LogP contribution is -2.47. The number of nitrogens with zero attached hydrogens (tertiary/aromatic N) is 2. The van der Waals surface area contributed by atoms with Gasteiger partial charge in [0.2, 0.25) is 5.91 Å². The first kappa shape index (κ1) is 14.9. The zero-order valence-corrected chi connectivity index (χ0v) is 12.4. The maximum Gasteiger partial charge on any atom is 0.238 e. The summed E-state index contributed by atoms with van der Waals surface area (Å²) in [5.41, 5.74) is 7.07. The lowest BCUT2D eigenvalue weighted by molar-refractivity contribution is -0.117. The molecule has 0 aliphatic carbocycles. The Balaban J connectivity index is 1.88. The number of likely N-dealkylation sites (N-methyl/N-ethyl adjacent to an activating group) is 1. The van der Waals surface area contributed by atoms with E-state index in [1.54, 1.807) is 6.07 Å². The van der Waals surface area contributed by atoms with E-state index in [0.29, 0.717) is 11.5 Å². The number of nitrogens with one attached hydrogen (secondary N) is 1. The van der Waals surface area contributed by atoms with Crippen molar-refractivity contribution in [2.24, 2.45) is 5.73 Å². The molecule has 1 amide bonds. The molecule has 2 rings (SSSR count). The lowest BCUT2D eigenvalue weighted by atomic mass is 10.2. The number of hydrogen-bond acceptors (Lipinski definition) is 4. The highest BCUT2D eigenvalue weighted by Gasteiger charge is 2.16. The lowest BCUT2D eigenvalue weighted by Gasteiger charge is -2.31. The Morgan fingerprint density at radius 1 is 1.35 bits per heavy atom. The fourth-order valence-corrected chi connectivity index (χ4v) is 2.29. The van der Waals surface area contributed by atoms with Crippen molar-refractivity contribution in [1.29, 1.82) is 0 Å². The third kappa shape index (κ3) is 4.26. The standard InChI is InChI=1S/C14H20N4OS/c1-17-5-7-18(8-6-17)10-13(19)16-12-4-2-3-11(9-12)14(15)20/h2-4,9H,5-8,10H2,1H3,(H2,15,20)(H,16,19). The van der Waals surface area contributed by atoms with Crippen LogP contribution in [0.4, 0.5) is 5.69 Å². The zero-order chi connectivity index (χ0) is 14.5. The highest BCUT2D eigenvalue weighted by molar-refractivity contribution is 7.80. The van der Waals surface area contributed by atoms with Crippen LogP contribution in [0, 0.1) is 0 Å². The van der Waals surface area contributed by atoms with Gasteiger partial charge in [-0.25, -0.2) is 0 Å². The fraction of sp³-hybridized carbons (Fsp3) is 0.429. The third-order valence-corrected chi connectivity index (χ3v) is 3.63. The Hall–Kier alpha value is -1.50. The second-order valence-corrected chi connectivity index (χ2v) is 5.51. The molecule has 1 aliphatic rings. The van der Waals surface area contributed by atoms with E-state index in [1.165, 1.54) is 0 Å². The SMILES string of the molecule is CN1CCN(CC(=O)Nc2cccc(C(N)=S)c2)CC1. The van der Waals surface area contributed by atoms with Gasteiger partial charge in [0.05, 0.1) is 6.54 Å². The molecule has 0 unspecified atom stereocenters. The van der Waals surface area contributed by atoms with Crippen LogP contribution in [0.2, 0.25) is 0 Å². The number of hydrogen-bond donors (Lipinski definition) is 2. The molecule has 1 aromatic carbocycles. The molecule has 1 aliphatic heterocycles. The summed E-state index contributed by atoms with van der Waals surface area (Å²) in [4.78, 5) is 16.8. The van der Waals surface area contributed by atoms with E-state index in [9.17, 15) is 4.79 Å². The minimum absolute atomic E-state index is 0.00496. The number of thiocarbonyl (C=S) groups is 1. The summed E-state index contributed by atoms with van der Waals surface area (Å²) in [6.07, 6.45) is 0. The van der Waals surface area contributed by atoms with Crippen molar-refractivity contribution in [3.63, 3.8) is 0 Å². The summed E-state index contributed by atoms with van der Waals surface area (Å²) in [5, 5.41) is 2.89. The normalized spacial score (nSPS) is 16.9. The maximum absolute atomic E-state index is 12.0. The second kappa shape index (κ2) is 6.78. The fourth-order valence-electron chi connectivity index (χ4n) is 2.16. The van der Waals surface area contributed by atoms with Crippen molar-refractivity contribution < 1.29 is 4.79 Å². The van der Waals surface area contributed by atoms with Crippen molar-refractivity contribution in [2.75, 3.05) is 45.1 Å². The summed E-state index contributed by atoms with van der Waals surface area (Å²) in [6.45, 7) is 4.28. The van der Waals surface area contributed by atoms with Crippen molar-refractivity contribution >= 4 is 28.8 Å². The van der Waals surface area contributed by atoms with Gasteiger partial charge in [0, 0.05) is 37.4 Å². The van der Waals surface area contributed by atoms with Gasteiger partial charge in [0.25, 0.3) is 0 Å². The van der Waals surface area contributed by atoms with Crippen LogP contribution in [-0.2, 0) is 4.79 Å². The Bertz CT molecular complexity index is 498. The van der Waals surface area contributed by atoms with Crippen molar-refractivity contribution in [3.8, 4) is 0 Å². The first-order chi connectivity index (χ1) is 9.54. The van der Waals surface area contributed by atoms with Crippen LogP contribution in [0.3, 0.4) is 0 Å². The number of carbonyl (C=O) groups is 1. The van der Waals surface area contributed by atoms with Crippen LogP contribution in [0.1, 0.15) is 5.56 Å². The molecule has 3 N–H and O–H groups in total. The number of piperazine rings is 1. The monoisotopic (exact) mass is 292 g/mol. The molecule has 1 fully saturated rings. The Morgan fingerprint density at radius 3 is 2.70 bits per heavy atom. The molecule has 0 aromatic heterocycles. The van der Waals surface area contributed by atoms with E-state index in [-0.39, 0.29) is 5.91 Å². The van der Waals surface area contributed by atoms with E-state index in [0.717, 1.165) is 37.4 Å². The first-order valence-corrected chi connectivity index (χ1v) is 7.06. The molecule has 0 radical (unpaired) electrons. The van der Waals surface area contributed by atoms with Crippen LogP contribution in [0.25, 0.3) is 0 Å². The molecular weight excluding hydrogens is 272 g/mol. The molecule has 1 heterocycles. The average molecular weight is 292 g/mol. The van der Waals surface area contributed by atoms with Crippen LogP contribution < -0.4 is 11.1 Å². The molecule has 0 saturated carbocycles. The zero-order valence-electron chi connectivity index (χ0n) is 11.6. The molecule has 0 spiro atoms. The minimum Gasteiger partial charge on any atom is -0.389 e. The summed E-state index contributed by atoms with van der Waals surface area (Å²) in [7, 11) is 2.10. The van der Waals surface area contributed by atoms with Gasteiger partial charge in [-0.2, -0.15) is 0 Å². The Kier molecular flexibility index (Phi) is 5.05. The van der Waals surface area contributed by atoms with E-state index >= 15 is 0 Å². The molecule has 0 atom stereocenters. The number of rotatable bonds is 4. The largest absolute Gasteiger partial charge is 0.389 e. The molecule has 1 saturated heterocycles. The number of benzene rings is 1. The number of carbonyl (C=O) groups excluding carboxylic acids is 1. The molecule has 5 nitrogen and oxygen atoms in total. The topological polar surface area (TPSA) is 61.6 Å². The van der Waals surface area contributed by atoms with Crippen molar-refractivity contribution in [1.82, 2.24) is 9.80 Å². The molecule has 1 aromatic rings. The van der Waals surface area contributed by atoms with Gasteiger partial charge in [0.15, 0.2) is 0 Å². The van der Waals surface area contributed by atoms with E-state index in [4.69, 9.17) is 18.0 Å². The summed E-state index contributed by atoms with van der Waals surface area (Å²) in [5.74, 6) is -0.00496. The predicted molar refractivity (Wildman–Crippen MR) is 84.9 cm³/mol. The smallest absolute Gasteiger partial charge is 0.238 e. The highest BCUT2D eigenvalue weighted by atomic mass is 32.1. The van der Waals surface area contributed by atoms with Gasteiger partial charge < -0.3 is 16.0 Å². The molecular formula is C14H20N4OS. The first-order valence-electron chi connectivity index (χ1n) is 6.65. The van der Waals surface area contributed by atoms with Gasteiger partial charge in [0.1, 0.15) is 4.99 Å². The Morgan fingerprint density at radius 2 is 2.05 bits per heavy atom. The summed E-state index contributed by atoms with van der Waals surface area (Å²) < 4.78 is 0.